The molecule has 7 nitrogen and oxygen atoms in total. The highest BCUT2D eigenvalue weighted by molar-refractivity contribution is 9.10. The summed E-state index contributed by atoms with van der Waals surface area (Å²) in [5, 5.41) is 2.21. The van der Waals surface area contributed by atoms with Gasteiger partial charge in [0.25, 0.3) is 11.1 Å². The van der Waals surface area contributed by atoms with E-state index in [9.17, 15) is 14.4 Å². The molecule has 0 spiro atoms. The van der Waals surface area contributed by atoms with Gasteiger partial charge in [-0.15, -0.1) is 6.42 Å². The van der Waals surface area contributed by atoms with Gasteiger partial charge in [-0.05, 0) is 88.6 Å². The van der Waals surface area contributed by atoms with E-state index in [1.165, 1.54) is 7.11 Å². The molecule has 2 aromatic rings. The Labute approximate surface area is 204 Å². The molecular formula is C24H21BrN2O5S. The molecule has 1 aliphatic heterocycles. The number of ether oxygens (including phenoxy) is 2. The summed E-state index contributed by atoms with van der Waals surface area (Å²) >= 11 is 4.18. The Balaban J connectivity index is 1.75. The molecule has 170 valence electrons. The first-order valence-electron chi connectivity index (χ1n) is 9.79. The van der Waals surface area contributed by atoms with Crippen molar-refractivity contribution in [2.45, 2.75) is 13.8 Å². The van der Waals surface area contributed by atoms with Crippen LogP contribution in [0.3, 0.4) is 0 Å². The molecule has 0 radical (unpaired) electrons. The second-order valence-corrected chi connectivity index (χ2v) is 8.99. The van der Waals surface area contributed by atoms with Gasteiger partial charge in [0, 0.05) is 5.69 Å². The summed E-state index contributed by atoms with van der Waals surface area (Å²) in [6.45, 7) is 3.60. The zero-order chi connectivity index (χ0) is 24.1. The quantitative estimate of drug-likeness (QED) is 0.411. The Morgan fingerprint density at radius 3 is 2.67 bits per heavy atom. The van der Waals surface area contributed by atoms with Crippen LogP contribution in [0.1, 0.15) is 16.7 Å². The van der Waals surface area contributed by atoms with E-state index < -0.39 is 17.1 Å². The van der Waals surface area contributed by atoms with Crippen LogP contribution < -0.4 is 14.8 Å². The standard InChI is InChI=1S/C24H21BrN2O5S/c1-5-8-32-22-18(25)10-16(11-19(22)31-4)12-20-23(29)27(24(30)33-20)13-21(28)26-17-7-6-14(2)15(3)9-17/h1,6-7,9-12H,8,13H2,2-4H3,(H,26,28)/b20-12-. The van der Waals surface area contributed by atoms with Gasteiger partial charge in [0.05, 0.1) is 16.5 Å². The molecule has 33 heavy (non-hydrogen) atoms. The van der Waals surface area contributed by atoms with Gasteiger partial charge in [0.15, 0.2) is 11.5 Å². The molecule has 1 fully saturated rings. The molecule has 1 aliphatic rings. The summed E-state index contributed by atoms with van der Waals surface area (Å²) in [7, 11) is 1.48. The van der Waals surface area contributed by atoms with Gasteiger partial charge in [0.2, 0.25) is 5.91 Å². The number of amides is 3. The molecule has 3 amide bonds. The molecule has 1 saturated heterocycles. The number of hydrogen-bond acceptors (Lipinski definition) is 6. The number of nitrogens with zero attached hydrogens (tertiary/aromatic N) is 1. The first kappa shape index (κ1) is 24.4. The van der Waals surface area contributed by atoms with Crippen LogP contribution in [-0.2, 0) is 9.59 Å². The number of nitrogens with one attached hydrogen (secondary N) is 1. The predicted molar refractivity (Wildman–Crippen MR) is 132 cm³/mol. The summed E-state index contributed by atoms with van der Waals surface area (Å²) in [5.41, 5.74) is 3.34. The minimum atomic E-state index is -0.539. The normalized spacial score (nSPS) is 14.4. The average Bonchev–Trinajstić information content (AvgIpc) is 3.02. The third kappa shape index (κ3) is 5.78. The van der Waals surface area contributed by atoms with Crippen molar-refractivity contribution < 1.29 is 23.9 Å². The lowest BCUT2D eigenvalue weighted by molar-refractivity contribution is -0.127. The van der Waals surface area contributed by atoms with Crippen molar-refractivity contribution in [3.63, 3.8) is 0 Å². The van der Waals surface area contributed by atoms with Crippen LogP contribution in [0.4, 0.5) is 10.5 Å². The molecule has 0 unspecified atom stereocenters. The van der Waals surface area contributed by atoms with Crippen LogP contribution in [0.25, 0.3) is 6.08 Å². The highest BCUT2D eigenvalue weighted by Gasteiger charge is 2.36. The van der Waals surface area contributed by atoms with Gasteiger partial charge < -0.3 is 14.8 Å². The van der Waals surface area contributed by atoms with Crippen LogP contribution in [-0.4, -0.2) is 42.2 Å². The zero-order valence-electron chi connectivity index (χ0n) is 18.2. The minimum Gasteiger partial charge on any atom is -0.493 e. The van der Waals surface area contributed by atoms with E-state index in [4.69, 9.17) is 15.9 Å². The second-order valence-electron chi connectivity index (χ2n) is 7.14. The highest BCUT2D eigenvalue weighted by Crippen LogP contribution is 2.39. The topological polar surface area (TPSA) is 84.9 Å². The van der Waals surface area contributed by atoms with E-state index in [0.29, 0.717) is 27.2 Å². The van der Waals surface area contributed by atoms with Crippen LogP contribution in [0, 0.1) is 26.2 Å². The summed E-state index contributed by atoms with van der Waals surface area (Å²) in [6.07, 6.45) is 6.80. The molecule has 3 rings (SSSR count). The number of hydrogen-bond donors (Lipinski definition) is 1. The molecule has 0 aromatic heterocycles. The molecule has 0 bridgehead atoms. The smallest absolute Gasteiger partial charge is 0.294 e. The number of methoxy groups -OCH3 is 1. The van der Waals surface area contributed by atoms with E-state index in [0.717, 1.165) is 27.8 Å². The molecule has 0 saturated carbocycles. The number of thioether (sulfide) groups is 1. The fraction of sp³-hybridized carbons (Fsp3) is 0.208. The van der Waals surface area contributed by atoms with E-state index in [2.05, 4.69) is 27.2 Å². The summed E-state index contributed by atoms with van der Waals surface area (Å²) < 4.78 is 11.4. The van der Waals surface area contributed by atoms with Crippen molar-refractivity contribution in [1.82, 2.24) is 4.90 Å². The van der Waals surface area contributed by atoms with Crippen LogP contribution in [0.2, 0.25) is 0 Å². The fourth-order valence-corrected chi connectivity index (χ4v) is 4.44. The second kappa shape index (κ2) is 10.6. The fourth-order valence-electron chi connectivity index (χ4n) is 3.03. The lowest BCUT2D eigenvalue weighted by Crippen LogP contribution is -2.36. The van der Waals surface area contributed by atoms with E-state index in [1.807, 2.05) is 26.0 Å². The van der Waals surface area contributed by atoms with E-state index >= 15 is 0 Å². The number of carbonyl (C=O) groups excluding carboxylic acids is 3. The molecule has 1 N–H and O–H groups in total. The molecule has 0 aliphatic carbocycles. The summed E-state index contributed by atoms with van der Waals surface area (Å²) in [4.78, 5) is 38.8. The number of halogens is 1. The molecule has 9 heteroatoms. The molecule has 2 aromatic carbocycles. The Hall–Kier alpha value is -3.22. The van der Waals surface area contributed by atoms with Crippen LogP contribution >= 0.6 is 27.7 Å². The SMILES string of the molecule is C#CCOc1c(Br)cc(/C=C2\SC(=O)N(CC(=O)Nc3ccc(C)c(C)c3)C2=O)cc1OC. The maximum Gasteiger partial charge on any atom is 0.294 e. The zero-order valence-corrected chi connectivity index (χ0v) is 20.6. The lowest BCUT2D eigenvalue weighted by atomic mass is 10.1. The third-order valence-electron chi connectivity index (χ3n) is 4.82. The maximum atomic E-state index is 12.8. The Kier molecular flexibility index (Phi) is 7.84. The molecule has 1 heterocycles. The van der Waals surface area contributed by atoms with Crippen molar-refractivity contribution in [2.24, 2.45) is 0 Å². The first-order chi connectivity index (χ1) is 15.7. The minimum absolute atomic E-state index is 0.0669. The monoisotopic (exact) mass is 528 g/mol. The molecular weight excluding hydrogens is 508 g/mol. The lowest BCUT2D eigenvalue weighted by Gasteiger charge is -2.13. The number of benzene rings is 2. The van der Waals surface area contributed by atoms with Crippen molar-refractivity contribution in [3.05, 3.63) is 56.4 Å². The number of rotatable bonds is 7. The average molecular weight is 529 g/mol. The summed E-state index contributed by atoms with van der Waals surface area (Å²) in [6, 6.07) is 8.88. The van der Waals surface area contributed by atoms with E-state index in [-0.39, 0.29) is 18.1 Å². The number of aryl methyl sites for hydroxylation is 2. The largest absolute Gasteiger partial charge is 0.493 e. The van der Waals surface area contributed by atoms with Gasteiger partial charge in [-0.3, -0.25) is 19.3 Å². The number of carbonyl (C=O) groups is 3. The maximum absolute atomic E-state index is 12.8. The molecule has 0 atom stereocenters. The van der Waals surface area contributed by atoms with Gasteiger partial charge >= 0.3 is 0 Å². The third-order valence-corrected chi connectivity index (χ3v) is 6.31. The summed E-state index contributed by atoms with van der Waals surface area (Å²) in [5.74, 6) is 2.24. The first-order valence-corrected chi connectivity index (χ1v) is 11.4. The van der Waals surface area contributed by atoms with Crippen molar-refractivity contribution in [2.75, 3.05) is 25.6 Å². The van der Waals surface area contributed by atoms with Gasteiger partial charge in [-0.2, -0.15) is 0 Å². The number of anilines is 1. The van der Waals surface area contributed by atoms with Crippen molar-refractivity contribution >= 4 is 56.5 Å². The number of imide groups is 1. The Morgan fingerprint density at radius 2 is 2.00 bits per heavy atom. The van der Waals surface area contributed by atoms with Crippen LogP contribution in [0.5, 0.6) is 11.5 Å². The van der Waals surface area contributed by atoms with Crippen molar-refractivity contribution in [1.29, 1.82) is 0 Å². The van der Waals surface area contributed by atoms with E-state index in [1.54, 1.807) is 24.3 Å². The van der Waals surface area contributed by atoms with Gasteiger partial charge in [0.1, 0.15) is 13.2 Å². The van der Waals surface area contributed by atoms with Crippen LogP contribution in [0.15, 0.2) is 39.7 Å². The van der Waals surface area contributed by atoms with Crippen molar-refractivity contribution in [3.8, 4) is 23.8 Å². The number of terminal acetylenes is 1. The van der Waals surface area contributed by atoms with Gasteiger partial charge in [-0.1, -0.05) is 12.0 Å². The highest BCUT2D eigenvalue weighted by atomic mass is 79.9. The Morgan fingerprint density at radius 1 is 1.24 bits per heavy atom. The predicted octanol–water partition coefficient (Wildman–Crippen LogP) is 4.76. The van der Waals surface area contributed by atoms with Gasteiger partial charge in [-0.25, -0.2) is 0 Å². The Bertz CT molecular complexity index is 1200.